The molecular formula is C21H11BrN2O2S. The molecule has 130 valence electrons. The van der Waals surface area contributed by atoms with Gasteiger partial charge < -0.3 is 4.42 Å². The lowest BCUT2D eigenvalue weighted by Gasteiger charge is -2.00. The third-order valence-corrected chi connectivity index (χ3v) is 5.30. The molecule has 0 fully saturated rings. The molecule has 0 bridgehead atoms. The van der Waals surface area contributed by atoms with Crippen LogP contribution in [0.15, 0.2) is 73.7 Å². The van der Waals surface area contributed by atoms with E-state index in [9.17, 15) is 10.1 Å². The number of rotatable bonds is 3. The lowest BCUT2D eigenvalue weighted by Crippen LogP contribution is -2.02. The third kappa shape index (κ3) is 3.61. The molecule has 0 spiro atoms. The minimum atomic E-state index is -0.452. The second-order valence-electron chi connectivity index (χ2n) is 5.75. The molecule has 0 aliphatic carbocycles. The summed E-state index contributed by atoms with van der Waals surface area (Å²) in [6, 6.07) is 19.0. The van der Waals surface area contributed by atoms with E-state index in [0.717, 1.165) is 15.4 Å². The van der Waals surface area contributed by atoms with Gasteiger partial charge in [-0.3, -0.25) is 0 Å². The number of hydrogen-bond acceptors (Lipinski definition) is 5. The van der Waals surface area contributed by atoms with Crippen molar-refractivity contribution in [3.63, 3.8) is 0 Å². The largest absolute Gasteiger partial charge is 0.422 e. The van der Waals surface area contributed by atoms with Crippen molar-refractivity contribution in [2.45, 2.75) is 0 Å². The highest BCUT2D eigenvalue weighted by Gasteiger charge is 2.14. The molecule has 0 saturated heterocycles. The van der Waals surface area contributed by atoms with E-state index in [1.54, 1.807) is 23.6 Å². The molecule has 27 heavy (non-hydrogen) atoms. The average molecular weight is 435 g/mol. The Morgan fingerprint density at radius 3 is 2.78 bits per heavy atom. The smallest absolute Gasteiger partial charge is 0.345 e. The van der Waals surface area contributed by atoms with Gasteiger partial charge in [0.1, 0.15) is 16.7 Å². The van der Waals surface area contributed by atoms with Gasteiger partial charge in [0.25, 0.3) is 0 Å². The number of hydrogen-bond donors (Lipinski definition) is 0. The van der Waals surface area contributed by atoms with Gasteiger partial charge in [-0.05, 0) is 35.9 Å². The molecular weight excluding hydrogens is 424 g/mol. The van der Waals surface area contributed by atoms with Gasteiger partial charge in [0.05, 0.1) is 16.8 Å². The van der Waals surface area contributed by atoms with Gasteiger partial charge in [-0.1, -0.05) is 46.3 Å². The van der Waals surface area contributed by atoms with E-state index < -0.39 is 5.63 Å². The fourth-order valence-electron chi connectivity index (χ4n) is 2.65. The van der Waals surface area contributed by atoms with Crippen LogP contribution in [0.25, 0.3) is 33.9 Å². The average Bonchev–Trinajstić information content (AvgIpc) is 3.16. The summed E-state index contributed by atoms with van der Waals surface area (Å²) in [4.78, 5) is 16.9. The molecule has 0 aliphatic heterocycles. The summed E-state index contributed by atoms with van der Waals surface area (Å²) in [7, 11) is 0. The van der Waals surface area contributed by atoms with Crippen LogP contribution in [-0.4, -0.2) is 4.98 Å². The summed E-state index contributed by atoms with van der Waals surface area (Å²) in [5, 5.41) is 12.6. The highest BCUT2D eigenvalue weighted by Crippen LogP contribution is 2.28. The van der Waals surface area contributed by atoms with Gasteiger partial charge in [-0.2, -0.15) is 5.26 Å². The first-order valence-electron chi connectivity index (χ1n) is 8.00. The van der Waals surface area contributed by atoms with Crippen molar-refractivity contribution in [2.24, 2.45) is 0 Å². The summed E-state index contributed by atoms with van der Waals surface area (Å²) in [5.74, 6) is 0. The molecule has 2 aromatic carbocycles. The number of benzene rings is 2. The van der Waals surface area contributed by atoms with E-state index >= 15 is 0 Å². The Morgan fingerprint density at radius 1 is 1.19 bits per heavy atom. The molecule has 4 nitrogen and oxygen atoms in total. The van der Waals surface area contributed by atoms with Crippen LogP contribution in [0.1, 0.15) is 10.6 Å². The lowest BCUT2D eigenvalue weighted by atomic mass is 10.1. The standard InChI is InChI=1S/C21H11BrN2O2S/c22-16-6-7-19-14(9-16)10-17(21(25)26-19)18-12-27-20(24-18)15(11-23)8-13-4-2-1-3-5-13/h1-10,12H/b15-8+. The fourth-order valence-corrected chi connectivity index (χ4v) is 3.82. The van der Waals surface area contributed by atoms with E-state index in [2.05, 4.69) is 27.0 Å². The molecule has 0 N–H and O–H groups in total. The Labute approximate surface area is 167 Å². The molecule has 4 aromatic rings. The third-order valence-electron chi connectivity index (χ3n) is 3.94. The van der Waals surface area contributed by atoms with Crippen molar-refractivity contribution < 1.29 is 4.42 Å². The zero-order valence-corrected chi connectivity index (χ0v) is 16.3. The number of thiazole rings is 1. The Kier molecular flexibility index (Phi) is 4.71. The molecule has 0 aliphatic rings. The Hall–Kier alpha value is -3.01. The normalized spacial score (nSPS) is 11.5. The summed E-state index contributed by atoms with van der Waals surface area (Å²) < 4.78 is 6.30. The number of allylic oxidation sites excluding steroid dienone is 1. The first-order valence-corrected chi connectivity index (χ1v) is 9.68. The zero-order chi connectivity index (χ0) is 18.8. The lowest BCUT2D eigenvalue weighted by molar-refractivity contribution is 0.563. The van der Waals surface area contributed by atoms with Crippen molar-refractivity contribution in [3.8, 4) is 17.3 Å². The highest BCUT2D eigenvalue weighted by atomic mass is 79.9. The molecule has 0 unspecified atom stereocenters. The Morgan fingerprint density at radius 2 is 2.00 bits per heavy atom. The maximum absolute atomic E-state index is 12.4. The minimum Gasteiger partial charge on any atom is -0.422 e. The molecule has 2 aromatic heterocycles. The summed E-state index contributed by atoms with van der Waals surface area (Å²) in [6.07, 6.45) is 1.78. The SMILES string of the molecule is N#C/C(=C\c1ccccc1)c1nc(-c2cc3cc(Br)ccc3oc2=O)cs1. The molecule has 0 saturated carbocycles. The van der Waals surface area contributed by atoms with Crippen LogP contribution >= 0.6 is 27.3 Å². The first-order chi connectivity index (χ1) is 13.1. The summed E-state index contributed by atoms with van der Waals surface area (Å²) in [6.45, 7) is 0. The number of halogens is 1. The van der Waals surface area contributed by atoms with Crippen LogP contribution < -0.4 is 5.63 Å². The summed E-state index contributed by atoms with van der Waals surface area (Å²) in [5.41, 5.74) is 2.31. The van der Waals surface area contributed by atoms with Crippen molar-refractivity contribution in [3.05, 3.63) is 85.4 Å². The predicted octanol–water partition coefficient (Wildman–Crippen LogP) is 5.74. The van der Waals surface area contributed by atoms with Gasteiger partial charge in [0.2, 0.25) is 0 Å². The first kappa shape index (κ1) is 17.4. The van der Waals surface area contributed by atoms with Crippen LogP contribution in [0.4, 0.5) is 0 Å². The number of nitrogens with zero attached hydrogens (tertiary/aromatic N) is 2. The minimum absolute atomic E-state index is 0.375. The van der Waals surface area contributed by atoms with Crippen LogP contribution in [0.2, 0.25) is 0 Å². The van der Waals surface area contributed by atoms with Gasteiger partial charge in [-0.25, -0.2) is 9.78 Å². The molecule has 0 radical (unpaired) electrons. The van der Waals surface area contributed by atoms with Gasteiger partial charge in [0, 0.05) is 15.2 Å². The van der Waals surface area contributed by atoms with E-state index in [0.29, 0.717) is 27.4 Å². The summed E-state index contributed by atoms with van der Waals surface area (Å²) >= 11 is 4.74. The van der Waals surface area contributed by atoms with E-state index in [1.807, 2.05) is 42.5 Å². The van der Waals surface area contributed by atoms with Gasteiger partial charge in [-0.15, -0.1) is 11.3 Å². The molecule has 0 atom stereocenters. The monoisotopic (exact) mass is 434 g/mol. The van der Waals surface area contributed by atoms with E-state index in [4.69, 9.17) is 4.42 Å². The fraction of sp³-hybridized carbons (Fsp3) is 0. The van der Waals surface area contributed by atoms with Crippen LogP contribution in [-0.2, 0) is 0 Å². The van der Waals surface area contributed by atoms with Crippen molar-refractivity contribution in [2.75, 3.05) is 0 Å². The molecule has 4 rings (SSSR count). The van der Waals surface area contributed by atoms with E-state index in [-0.39, 0.29) is 0 Å². The number of fused-ring (bicyclic) bond motifs is 1. The van der Waals surface area contributed by atoms with Crippen LogP contribution in [0.3, 0.4) is 0 Å². The second-order valence-corrected chi connectivity index (χ2v) is 7.52. The zero-order valence-electron chi connectivity index (χ0n) is 13.8. The number of nitriles is 1. The Bertz CT molecular complexity index is 1270. The van der Waals surface area contributed by atoms with Crippen molar-refractivity contribution in [1.29, 1.82) is 5.26 Å². The predicted molar refractivity (Wildman–Crippen MR) is 111 cm³/mol. The van der Waals surface area contributed by atoms with Crippen LogP contribution in [0.5, 0.6) is 0 Å². The second kappa shape index (κ2) is 7.31. The number of aromatic nitrogens is 1. The topological polar surface area (TPSA) is 66.9 Å². The van der Waals surface area contributed by atoms with Crippen molar-refractivity contribution in [1.82, 2.24) is 4.98 Å². The maximum atomic E-state index is 12.4. The highest BCUT2D eigenvalue weighted by molar-refractivity contribution is 9.10. The quantitative estimate of drug-likeness (QED) is 0.304. The van der Waals surface area contributed by atoms with Gasteiger partial charge >= 0.3 is 5.63 Å². The van der Waals surface area contributed by atoms with Crippen molar-refractivity contribution >= 4 is 49.9 Å². The van der Waals surface area contributed by atoms with E-state index in [1.165, 1.54) is 11.3 Å². The Balaban J connectivity index is 1.77. The maximum Gasteiger partial charge on any atom is 0.345 e. The molecule has 6 heteroatoms. The van der Waals surface area contributed by atoms with Gasteiger partial charge in [0.15, 0.2) is 0 Å². The molecule has 0 amide bonds. The molecule has 2 heterocycles. The van der Waals surface area contributed by atoms with Crippen LogP contribution in [0, 0.1) is 11.3 Å².